The van der Waals surface area contributed by atoms with E-state index >= 15 is 0 Å². The molecular formula is C20H28N2O. The van der Waals surface area contributed by atoms with E-state index in [2.05, 4.69) is 54.4 Å². The van der Waals surface area contributed by atoms with Gasteiger partial charge in [0.05, 0.1) is 5.41 Å². The summed E-state index contributed by atoms with van der Waals surface area (Å²) in [5, 5.41) is 3.17. The van der Waals surface area contributed by atoms with Crippen molar-refractivity contribution >= 4 is 5.91 Å². The third kappa shape index (κ3) is 3.50. The topological polar surface area (TPSA) is 32.3 Å². The molecule has 1 N–H and O–H groups in total. The van der Waals surface area contributed by atoms with Gasteiger partial charge in [-0.15, -0.1) is 0 Å². The van der Waals surface area contributed by atoms with Crippen LogP contribution in [0, 0.1) is 5.41 Å². The lowest BCUT2D eigenvalue weighted by molar-refractivity contribution is -0.133. The Kier molecular flexibility index (Phi) is 4.86. The maximum Gasteiger partial charge on any atom is 0.226 e. The van der Waals surface area contributed by atoms with E-state index in [9.17, 15) is 4.79 Å². The number of amides is 1. The van der Waals surface area contributed by atoms with Crippen molar-refractivity contribution in [3.05, 3.63) is 47.0 Å². The molecule has 2 aliphatic rings. The fourth-order valence-corrected chi connectivity index (χ4v) is 4.02. The molecule has 1 amide bonds. The zero-order valence-corrected chi connectivity index (χ0v) is 14.4. The Balaban J connectivity index is 1.71. The average Bonchev–Trinajstić information content (AvgIpc) is 2.68. The molecule has 2 heterocycles. The third-order valence-corrected chi connectivity index (χ3v) is 5.41. The normalized spacial score (nSPS) is 21.7. The Morgan fingerprint density at radius 1 is 1.26 bits per heavy atom. The van der Waals surface area contributed by atoms with Crippen LogP contribution >= 0.6 is 0 Å². The molecule has 1 fully saturated rings. The standard InChI is InChI=1S/C20H28N2O/c1-3-6-16(2)15-22-11-9-20(10-12-22)13-17-7-4-5-8-18(17)14-21-19(20)23/h4-8H,3,9-15H2,1-2H3,(H,21,23)/b16-6+. The molecule has 3 nitrogen and oxygen atoms in total. The molecule has 3 rings (SSSR count). The minimum absolute atomic E-state index is 0.203. The summed E-state index contributed by atoms with van der Waals surface area (Å²) in [6.45, 7) is 8.15. The number of fused-ring (bicyclic) bond motifs is 1. The zero-order chi connectivity index (χ0) is 16.3. The third-order valence-electron chi connectivity index (χ3n) is 5.41. The highest BCUT2D eigenvalue weighted by atomic mass is 16.2. The van der Waals surface area contributed by atoms with Gasteiger partial charge in [0.25, 0.3) is 0 Å². The molecule has 2 aliphatic heterocycles. The lowest BCUT2D eigenvalue weighted by atomic mass is 9.73. The van der Waals surface area contributed by atoms with E-state index in [0.29, 0.717) is 6.54 Å². The Bertz CT molecular complexity index is 597. The molecule has 1 spiro atoms. The summed E-state index contributed by atoms with van der Waals surface area (Å²) in [4.78, 5) is 15.2. The van der Waals surface area contributed by atoms with Crippen molar-refractivity contribution in [1.29, 1.82) is 0 Å². The smallest absolute Gasteiger partial charge is 0.226 e. The fraction of sp³-hybridized carbons (Fsp3) is 0.550. The van der Waals surface area contributed by atoms with Gasteiger partial charge < -0.3 is 5.32 Å². The van der Waals surface area contributed by atoms with Crippen LogP contribution in [-0.2, 0) is 17.8 Å². The van der Waals surface area contributed by atoms with E-state index in [4.69, 9.17) is 0 Å². The first-order valence-electron chi connectivity index (χ1n) is 8.86. The second kappa shape index (κ2) is 6.88. The van der Waals surface area contributed by atoms with E-state index in [0.717, 1.165) is 45.3 Å². The van der Waals surface area contributed by atoms with Crippen LogP contribution in [-0.4, -0.2) is 30.4 Å². The summed E-state index contributed by atoms with van der Waals surface area (Å²) >= 11 is 0. The highest BCUT2D eigenvalue weighted by molar-refractivity contribution is 5.83. The van der Waals surface area contributed by atoms with Gasteiger partial charge in [-0.25, -0.2) is 0 Å². The van der Waals surface area contributed by atoms with Crippen LogP contribution in [0.5, 0.6) is 0 Å². The van der Waals surface area contributed by atoms with E-state index in [1.165, 1.54) is 16.7 Å². The van der Waals surface area contributed by atoms with Gasteiger partial charge in [0, 0.05) is 13.1 Å². The molecule has 0 atom stereocenters. The number of hydrogen-bond donors (Lipinski definition) is 1. The Hall–Kier alpha value is -1.61. The van der Waals surface area contributed by atoms with E-state index in [1.54, 1.807) is 0 Å². The molecule has 1 saturated heterocycles. The number of carbonyl (C=O) groups excluding carboxylic acids is 1. The van der Waals surface area contributed by atoms with Crippen molar-refractivity contribution < 1.29 is 4.79 Å². The number of nitrogens with zero attached hydrogens (tertiary/aromatic N) is 1. The Morgan fingerprint density at radius 3 is 2.65 bits per heavy atom. The number of likely N-dealkylation sites (tertiary alicyclic amines) is 1. The molecule has 0 unspecified atom stereocenters. The fourth-order valence-electron chi connectivity index (χ4n) is 4.02. The van der Waals surface area contributed by atoms with Gasteiger partial charge in [0.1, 0.15) is 0 Å². The summed E-state index contributed by atoms with van der Waals surface area (Å²) in [6.07, 6.45) is 6.23. The Labute approximate surface area is 139 Å². The summed E-state index contributed by atoms with van der Waals surface area (Å²) < 4.78 is 0. The molecule has 3 heteroatoms. The lowest BCUT2D eigenvalue weighted by Crippen LogP contribution is -2.49. The van der Waals surface area contributed by atoms with Crippen LogP contribution in [0.15, 0.2) is 35.9 Å². The molecule has 1 aromatic carbocycles. The van der Waals surface area contributed by atoms with Gasteiger partial charge in [0.15, 0.2) is 0 Å². The maximum atomic E-state index is 12.7. The van der Waals surface area contributed by atoms with Gasteiger partial charge in [-0.3, -0.25) is 9.69 Å². The van der Waals surface area contributed by atoms with Crippen LogP contribution < -0.4 is 5.32 Å². The van der Waals surface area contributed by atoms with Gasteiger partial charge >= 0.3 is 0 Å². The van der Waals surface area contributed by atoms with Crippen molar-refractivity contribution in [3.63, 3.8) is 0 Å². The second-order valence-electron chi connectivity index (χ2n) is 7.14. The molecule has 0 radical (unpaired) electrons. The highest BCUT2D eigenvalue weighted by Gasteiger charge is 2.42. The second-order valence-corrected chi connectivity index (χ2v) is 7.14. The summed E-state index contributed by atoms with van der Waals surface area (Å²) in [5.41, 5.74) is 3.87. The van der Waals surface area contributed by atoms with Gasteiger partial charge in [0.2, 0.25) is 5.91 Å². The Morgan fingerprint density at radius 2 is 1.96 bits per heavy atom. The average molecular weight is 312 g/mol. The van der Waals surface area contributed by atoms with Crippen molar-refractivity contribution in [2.75, 3.05) is 19.6 Å². The van der Waals surface area contributed by atoms with Crippen molar-refractivity contribution in [2.45, 2.75) is 46.1 Å². The number of rotatable bonds is 3. The summed E-state index contributed by atoms with van der Waals surface area (Å²) in [5.74, 6) is 0.258. The number of hydrogen-bond acceptors (Lipinski definition) is 2. The molecule has 0 aromatic heterocycles. The SMILES string of the molecule is CC/C=C(\C)CN1CCC2(CC1)Cc1ccccc1CNC2=O. The molecule has 23 heavy (non-hydrogen) atoms. The maximum absolute atomic E-state index is 12.7. The van der Waals surface area contributed by atoms with Crippen molar-refractivity contribution in [2.24, 2.45) is 5.41 Å². The van der Waals surface area contributed by atoms with Crippen molar-refractivity contribution in [3.8, 4) is 0 Å². The molecular weight excluding hydrogens is 284 g/mol. The molecule has 0 aliphatic carbocycles. The first-order valence-corrected chi connectivity index (χ1v) is 8.86. The van der Waals surface area contributed by atoms with Gasteiger partial charge in [-0.1, -0.05) is 42.8 Å². The van der Waals surface area contributed by atoms with E-state index in [1.807, 2.05) is 0 Å². The van der Waals surface area contributed by atoms with E-state index in [-0.39, 0.29) is 11.3 Å². The first kappa shape index (κ1) is 16.3. The quantitative estimate of drug-likeness (QED) is 0.869. The highest BCUT2D eigenvalue weighted by Crippen LogP contribution is 2.38. The van der Waals surface area contributed by atoms with Gasteiger partial charge in [-0.2, -0.15) is 0 Å². The van der Waals surface area contributed by atoms with Crippen LogP contribution in [0.1, 0.15) is 44.2 Å². The summed E-state index contributed by atoms with van der Waals surface area (Å²) in [6, 6.07) is 8.49. The predicted molar refractivity (Wildman–Crippen MR) is 94.1 cm³/mol. The number of allylic oxidation sites excluding steroid dienone is 1. The first-order chi connectivity index (χ1) is 11.1. The van der Waals surface area contributed by atoms with Crippen LogP contribution in [0.2, 0.25) is 0 Å². The molecule has 0 bridgehead atoms. The number of nitrogens with one attached hydrogen (secondary N) is 1. The largest absolute Gasteiger partial charge is 0.352 e. The van der Waals surface area contributed by atoms with Gasteiger partial charge in [-0.05, 0) is 56.8 Å². The minimum Gasteiger partial charge on any atom is -0.352 e. The van der Waals surface area contributed by atoms with Crippen molar-refractivity contribution in [1.82, 2.24) is 10.2 Å². The summed E-state index contributed by atoms with van der Waals surface area (Å²) in [7, 11) is 0. The number of piperidine rings is 1. The molecule has 1 aromatic rings. The minimum atomic E-state index is -0.203. The zero-order valence-electron chi connectivity index (χ0n) is 14.4. The molecule has 0 saturated carbocycles. The lowest BCUT2D eigenvalue weighted by Gasteiger charge is -2.40. The van der Waals surface area contributed by atoms with Crippen LogP contribution in [0.4, 0.5) is 0 Å². The predicted octanol–water partition coefficient (Wildman–Crippen LogP) is 3.30. The van der Waals surface area contributed by atoms with Crippen LogP contribution in [0.25, 0.3) is 0 Å². The number of benzene rings is 1. The number of carbonyl (C=O) groups is 1. The monoisotopic (exact) mass is 312 g/mol. The molecule has 124 valence electrons. The van der Waals surface area contributed by atoms with Crippen LogP contribution in [0.3, 0.4) is 0 Å². The van der Waals surface area contributed by atoms with E-state index < -0.39 is 0 Å².